The van der Waals surface area contributed by atoms with E-state index in [1.807, 2.05) is 0 Å². The van der Waals surface area contributed by atoms with Crippen LogP contribution in [0.1, 0.15) is 6.92 Å². The zero-order valence-corrected chi connectivity index (χ0v) is 12.7. The average Bonchev–Trinajstić information content (AvgIpc) is 2.49. The van der Waals surface area contributed by atoms with Gasteiger partial charge >= 0.3 is 0 Å². The van der Waals surface area contributed by atoms with Gasteiger partial charge in [-0.3, -0.25) is 9.29 Å². The van der Waals surface area contributed by atoms with Gasteiger partial charge in [0.25, 0.3) is 10.0 Å². The van der Waals surface area contributed by atoms with E-state index < -0.39 is 10.0 Å². The number of nitrogens with two attached hydrogens (primary N) is 1. The number of benzene rings is 1. The van der Waals surface area contributed by atoms with E-state index in [2.05, 4.69) is 4.98 Å². The van der Waals surface area contributed by atoms with Crippen LogP contribution in [0.3, 0.4) is 0 Å². The summed E-state index contributed by atoms with van der Waals surface area (Å²) in [5.74, 6) is 0.261. The lowest BCUT2D eigenvalue weighted by molar-refractivity contribution is 0.402. The summed E-state index contributed by atoms with van der Waals surface area (Å²) in [4.78, 5) is 3.94. The fourth-order valence-electron chi connectivity index (χ4n) is 2.02. The maximum absolute atomic E-state index is 12.9. The third-order valence-corrected chi connectivity index (χ3v) is 4.92. The maximum atomic E-state index is 12.9. The molecule has 21 heavy (non-hydrogen) atoms. The van der Waals surface area contributed by atoms with Crippen LogP contribution in [-0.2, 0) is 10.0 Å². The molecule has 1 heterocycles. The number of hydrogen-bond acceptors (Lipinski definition) is 5. The van der Waals surface area contributed by atoms with Gasteiger partial charge in [-0.15, -0.1) is 0 Å². The van der Waals surface area contributed by atoms with E-state index in [-0.39, 0.29) is 17.2 Å². The number of anilines is 2. The molecule has 0 amide bonds. The minimum absolute atomic E-state index is 0.0451. The van der Waals surface area contributed by atoms with Crippen LogP contribution in [-0.4, -0.2) is 27.1 Å². The standard InChI is InChI=1S/C14H17N3O3S/c1-3-17(12-6-8-16-9-7-12)21(18,19)14-10-11(15)4-5-13(14)20-2/h4-10H,3,15H2,1-2H3. The van der Waals surface area contributed by atoms with Gasteiger partial charge in [-0.25, -0.2) is 8.42 Å². The van der Waals surface area contributed by atoms with Crippen molar-refractivity contribution in [1.29, 1.82) is 0 Å². The fraction of sp³-hybridized carbons (Fsp3) is 0.214. The molecule has 1 aromatic carbocycles. The predicted octanol–water partition coefficient (Wildman–Crippen LogP) is 1.89. The maximum Gasteiger partial charge on any atom is 0.268 e. The number of ether oxygens (including phenoxy) is 1. The molecule has 0 aliphatic carbocycles. The van der Waals surface area contributed by atoms with E-state index in [0.29, 0.717) is 11.4 Å². The summed E-state index contributed by atoms with van der Waals surface area (Å²) in [5.41, 5.74) is 6.61. The molecule has 2 rings (SSSR count). The van der Waals surface area contributed by atoms with Crippen LogP contribution in [0.2, 0.25) is 0 Å². The van der Waals surface area contributed by atoms with Crippen LogP contribution >= 0.6 is 0 Å². The van der Waals surface area contributed by atoms with Crippen LogP contribution in [0.5, 0.6) is 5.75 Å². The Labute approximate surface area is 124 Å². The van der Waals surface area contributed by atoms with Crippen molar-refractivity contribution in [1.82, 2.24) is 4.98 Å². The van der Waals surface area contributed by atoms with Gasteiger partial charge in [0.2, 0.25) is 0 Å². The number of methoxy groups -OCH3 is 1. The zero-order chi connectivity index (χ0) is 15.5. The number of nitrogens with zero attached hydrogens (tertiary/aromatic N) is 2. The quantitative estimate of drug-likeness (QED) is 0.853. The van der Waals surface area contributed by atoms with Crippen molar-refractivity contribution < 1.29 is 13.2 Å². The molecular formula is C14H17N3O3S. The summed E-state index contributed by atoms with van der Waals surface area (Å²) in [6, 6.07) is 7.82. The highest BCUT2D eigenvalue weighted by molar-refractivity contribution is 7.93. The molecule has 1 aromatic heterocycles. The van der Waals surface area contributed by atoms with Crippen LogP contribution in [0.25, 0.3) is 0 Å². The van der Waals surface area contributed by atoms with Gasteiger partial charge in [0.05, 0.1) is 12.8 Å². The normalized spacial score (nSPS) is 11.1. The van der Waals surface area contributed by atoms with Crippen molar-refractivity contribution in [3.8, 4) is 5.75 Å². The molecule has 2 aromatic rings. The van der Waals surface area contributed by atoms with E-state index in [0.717, 1.165) is 0 Å². The summed E-state index contributed by atoms with van der Waals surface area (Å²) in [6.07, 6.45) is 3.09. The Hall–Kier alpha value is -2.28. The molecule has 0 aliphatic rings. The summed E-state index contributed by atoms with van der Waals surface area (Å²) >= 11 is 0. The summed E-state index contributed by atoms with van der Waals surface area (Å²) < 4.78 is 32.2. The molecule has 0 saturated carbocycles. The highest BCUT2D eigenvalue weighted by Gasteiger charge is 2.27. The van der Waals surface area contributed by atoms with Crippen LogP contribution in [0.4, 0.5) is 11.4 Å². The summed E-state index contributed by atoms with van der Waals surface area (Å²) in [5, 5.41) is 0. The molecule has 6 nitrogen and oxygen atoms in total. The lowest BCUT2D eigenvalue weighted by atomic mass is 10.3. The Bertz CT molecular complexity index is 717. The Kier molecular flexibility index (Phi) is 4.32. The van der Waals surface area contributed by atoms with E-state index in [1.54, 1.807) is 43.6 Å². The van der Waals surface area contributed by atoms with Crippen molar-refractivity contribution in [2.45, 2.75) is 11.8 Å². The van der Waals surface area contributed by atoms with Crippen molar-refractivity contribution in [2.75, 3.05) is 23.7 Å². The first-order valence-corrected chi connectivity index (χ1v) is 7.81. The average molecular weight is 307 g/mol. The Morgan fingerprint density at radius 3 is 2.48 bits per heavy atom. The molecule has 0 saturated heterocycles. The van der Waals surface area contributed by atoms with Gasteiger partial charge in [0.15, 0.2) is 0 Å². The van der Waals surface area contributed by atoms with Gasteiger partial charge < -0.3 is 10.5 Å². The molecule has 0 spiro atoms. The van der Waals surface area contributed by atoms with Crippen molar-refractivity contribution >= 4 is 21.4 Å². The van der Waals surface area contributed by atoms with Gasteiger partial charge in [-0.05, 0) is 37.3 Å². The number of pyridine rings is 1. The van der Waals surface area contributed by atoms with E-state index in [9.17, 15) is 8.42 Å². The lowest BCUT2D eigenvalue weighted by Crippen LogP contribution is -2.31. The topological polar surface area (TPSA) is 85.5 Å². The molecule has 0 bridgehead atoms. The molecule has 0 atom stereocenters. The number of aromatic nitrogens is 1. The van der Waals surface area contributed by atoms with E-state index in [1.165, 1.54) is 17.5 Å². The first kappa shape index (κ1) is 15.1. The third kappa shape index (κ3) is 2.92. The molecular weight excluding hydrogens is 290 g/mol. The van der Waals surface area contributed by atoms with Crippen molar-refractivity contribution in [3.63, 3.8) is 0 Å². The predicted molar refractivity (Wildman–Crippen MR) is 81.8 cm³/mol. The Balaban J connectivity index is 2.58. The fourth-order valence-corrected chi connectivity index (χ4v) is 3.68. The second-order valence-electron chi connectivity index (χ2n) is 4.29. The summed E-state index contributed by atoms with van der Waals surface area (Å²) in [6.45, 7) is 2.04. The van der Waals surface area contributed by atoms with E-state index >= 15 is 0 Å². The summed E-state index contributed by atoms with van der Waals surface area (Å²) in [7, 11) is -2.35. The molecule has 0 unspecified atom stereocenters. The minimum Gasteiger partial charge on any atom is -0.495 e. The molecule has 112 valence electrons. The number of hydrogen-bond donors (Lipinski definition) is 1. The van der Waals surface area contributed by atoms with Gasteiger partial charge in [-0.1, -0.05) is 0 Å². The molecule has 0 aliphatic heterocycles. The molecule has 0 radical (unpaired) electrons. The van der Waals surface area contributed by atoms with Crippen molar-refractivity contribution in [3.05, 3.63) is 42.7 Å². The van der Waals surface area contributed by atoms with Gasteiger partial charge in [0, 0.05) is 24.6 Å². The smallest absolute Gasteiger partial charge is 0.268 e. The second kappa shape index (κ2) is 6.01. The lowest BCUT2D eigenvalue weighted by Gasteiger charge is -2.23. The zero-order valence-electron chi connectivity index (χ0n) is 11.9. The highest BCUT2D eigenvalue weighted by Crippen LogP contribution is 2.31. The molecule has 0 fully saturated rings. The monoisotopic (exact) mass is 307 g/mol. The Morgan fingerprint density at radius 2 is 1.90 bits per heavy atom. The van der Waals surface area contributed by atoms with Crippen molar-refractivity contribution in [2.24, 2.45) is 0 Å². The second-order valence-corrected chi connectivity index (χ2v) is 6.12. The van der Waals surface area contributed by atoms with Crippen LogP contribution in [0, 0.1) is 0 Å². The largest absolute Gasteiger partial charge is 0.495 e. The third-order valence-electron chi connectivity index (χ3n) is 2.99. The highest BCUT2D eigenvalue weighted by atomic mass is 32.2. The minimum atomic E-state index is -3.77. The van der Waals surface area contributed by atoms with Gasteiger partial charge in [-0.2, -0.15) is 0 Å². The number of rotatable bonds is 5. The number of sulfonamides is 1. The van der Waals surface area contributed by atoms with Crippen LogP contribution < -0.4 is 14.8 Å². The van der Waals surface area contributed by atoms with Gasteiger partial charge in [0.1, 0.15) is 10.6 Å². The van der Waals surface area contributed by atoms with E-state index in [4.69, 9.17) is 10.5 Å². The first-order valence-electron chi connectivity index (χ1n) is 6.37. The molecule has 7 heteroatoms. The SMILES string of the molecule is CCN(c1ccncc1)S(=O)(=O)c1cc(N)ccc1OC. The Morgan fingerprint density at radius 1 is 1.24 bits per heavy atom. The number of nitrogen functional groups attached to an aromatic ring is 1. The first-order chi connectivity index (χ1) is 10.0. The van der Waals surface area contributed by atoms with Crippen LogP contribution in [0.15, 0.2) is 47.6 Å². The molecule has 2 N–H and O–H groups in total.